The van der Waals surface area contributed by atoms with E-state index in [1.165, 1.54) is 52.0 Å². The number of aromatic nitrogens is 2. The van der Waals surface area contributed by atoms with E-state index in [9.17, 15) is 91.7 Å². The van der Waals surface area contributed by atoms with Gasteiger partial charge in [-0.1, -0.05) is 110 Å². The first-order valence-corrected chi connectivity index (χ1v) is 46.2. The van der Waals surface area contributed by atoms with E-state index in [0.717, 1.165) is 0 Å². The summed E-state index contributed by atoms with van der Waals surface area (Å²) in [4.78, 5) is 244. The molecule has 0 radical (unpaired) electrons. The summed E-state index contributed by atoms with van der Waals surface area (Å²) in [7, 11) is 0. The highest BCUT2D eigenvalue weighted by Gasteiger charge is 2.41. The number of nitrogens with one attached hydrogen (secondary N) is 17. The number of carbonyl (C=O) groups is 17. The Balaban J connectivity index is 3.43. The number of aliphatic hydroxyl groups excluding tert-OH is 2. The summed E-state index contributed by atoms with van der Waals surface area (Å²) in [5.41, 5.74) is 29.6. The maximum Gasteiger partial charge on any atom is 0.245 e. The van der Waals surface area contributed by atoms with Gasteiger partial charge in [0.05, 0.1) is 31.1 Å². The van der Waals surface area contributed by atoms with Gasteiger partial charge in [0.1, 0.15) is 90.6 Å². The van der Waals surface area contributed by atoms with Gasteiger partial charge in [0, 0.05) is 18.3 Å². The number of imidazole rings is 1. The number of primary amides is 1. The lowest BCUT2D eigenvalue weighted by Crippen LogP contribution is -2.64. The fourth-order valence-corrected chi connectivity index (χ4v) is 13.8. The minimum Gasteiger partial charge on any atom is -0.391 e. The number of amides is 17. The predicted octanol–water partition coefficient (Wildman–Crippen LogP) is -3.36. The molecule has 0 saturated heterocycles. The fourth-order valence-electron chi connectivity index (χ4n) is 13.3. The number of hydrogen-bond donors (Lipinski definition) is 24. The zero-order chi connectivity index (χ0) is 97.5. The molecule has 20 atom stereocenters. The normalized spacial score (nSPS) is 16.2. The Morgan fingerprint density at radius 1 is 0.375 bits per heavy atom. The van der Waals surface area contributed by atoms with Crippen molar-refractivity contribution in [2.24, 2.45) is 70.1 Å². The third-order valence-electron chi connectivity index (χ3n) is 21.6. The summed E-state index contributed by atoms with van der Waals surface area (Å²) in [5, 5.41) is 63.8. The molecule has 128 heavy (non-hydrogen) atoms. The lowest BCUT2D eigenvalue weighted by Gasteiger charge is -2.31. The second kappa shape index (κ2) is 61.0. The minimum absolute atomic E-state index is 0.00218. The van der Waals surface area contributed by atoms with Crippen molar-refractivity contribution >= 4 is 112 Å². The van der Waals surface area contributed by atoms with E-state index in [-0.39, 0.29) is 93.9 Å². The number of nitrogens with zero attached hydrogens (tertiary/aromatic N) is 1. The molecule has 1 aromatic heterocycles. The van der Waals surface area contributed by atoms with E-state index in [0.29, 0.717) is 63.6 Å². The van der Waals surface area contributed by atoms with Crippen LogP contribution in [0.1, 0.15) is 227 Å². The van der Waals surface area contributed by atoms with Crippen molar-refractivity contribution in [3.63, 3.8) is 0 Å². The summed E-state index contributed by atoms with van der Waals surface area (Å²) in [6.45, 7) is 29.5. The van der Waals surface area contributed by atoms with Crippen LogP contribution in [0.5, 0.6) is 0 Å². The van der Waals surface area contributed by atoms with Crippen LogP contribution in [0, 0.1) is 41.4 Å². The molecule has 1 heterocycles. The maximum atomic E-state index is 14.4. The van der Waals surface area contributed by atoms with Crippen LogP contribution in [-0.2, 0) is 87.9 Å². The molecule has 0 aliphatic carbocycles. The Bertz CT molecular complexity index is 3690. The van der Waals surface area contributed by atoms with Crippen molar-refractivity contribution in [3.8, 4) is 0 Å². The zero-order valence-corrected chi connectivity index (χ0v) is 79.3. The highest BCUT2D eigenvalue weighted by atomic mass is 32.2. The Kier molecular flexibility index (Phi) is 55.4. The number of unbranched alkanes of at least 4 members (excludes halogenated alkanes) is 3. The molecule has 29 N–H and O–H groups in total. The van der Waals surface area contributed by atoms with Crippen LogP contribution in [0.4, 0.5) is 0 Å². The van der Waals surface area contributed by atoms with Crippen LogP contribution in [0.25, 0.3) is 0 Å². The Labute approximate surface area is 758 Å². The van der Waals surface area contributed by atoms with E-state index in [4.69, 9.17) is 28.7 Å². The molecular weight excluding hydrogens is 1680 g/mol. The summed E-state index contributed by atoms with van der Waals surface area (Å²) in [6, 6.07) is -21.3. The van der Waals surface area contributed by atoms with Crippen molar-refractivity contribution in [1.82, 2.24) is 95.0 Å². The second-order valence-corrected chi connectivity index (χ2v) is 36.1. The lowest BCUT2D eigenvalue weighted by molar-refractivity contribution is -0.138. The quantitative estimate of drug-likeness (QED) is 0.0283. The number of aliphatic hydroxyl groups is 2. The second-order valence-electron chi connectivity index (χ2n) is 35.1. The largest absolute Gasteiger partial charge is 0.391 e. The highest BCUT2D eigenvalue weighted by molar-refractivity contribution is 7.98. The summed E-state index contributed by atoms with van der Waals surface area (Å²) in [6.07, 6.45) is 4.72. The fraction of sp³-hybridized carbons (Fsp3) is 0.765. The van der Waals surface area contributed by atoms with Gasteiger partial charge in [-0.15, -0.1) is 0 Å². The minimum atomic E-state index is -1.83. The van der Waals surface area contributed by atoms with Gasteiger partial charge in [-0.25, -0.2) is 4.98 Å². The molecule has 1 rings (SSSR count). The van der Waals surface area contributed by atoms with E-state index in [1.807, 2.05) is 6.92 Å². The predicted molar refractivity (Wildman–Crippen MR) is 485 cm³/mol. The molecule has 0 bridgehead atoms. The van der Waals surface area contributed by atoms with Crippen molar-refractivity contribution < 1.29 is 91.7 Å². The Morgan fingerprint density at radius 2 is 0.703 bits per heavy atom. The van der Waals surface area contributed by atoms with Crippen molar-refractivity contribution in [1.29, 1.82) is 0 Å². The first-order chi connectivity index (χ1) is 60.0. The van der Waals surface area contributed by atoms with Gasteiger partial charge >= 0.3 is 0 Å². The third-order valence-corrected chi connectivity index (χ3v) is 22.2. The molecule has 0 aliphatic rings. The molecule has 0 aliphatic heterocycles. The number of rotatable bonds is 64. The SMILES string of the molecule is CC[C@H](C)[C@H](N)C(=O)N[C@@H](CCCCN)C(=O)N[C@H](C(=O)N[C@H](C(=O)N[C@H](C(=O)N[C@@H](CCSC)C(=O)N[C@@H](CC(C)C)C(=O)N[C@@H](C)C(=O)N[C@@H](CCCCN)C(=O)N[C@@H](CC(C)C)C(=O)NCC(=O)N[C@@H](CCCCN)C(=O)N[C@H](C(=O)N[C@@H](CC(C)C)C(=O)N[C@@H](C)C(=O)N[C@@H](Cc1cnc[nH]1)C(=O)N[C@H](C(N)=O)C(C)C)C(C)C)[C@@H](C)O)[C@@H](C)O)[C@@H](C)CC. The highest BCUT2D eigenvalue weighted by Crippen LogP contribution is 2.18. The monoisotopic (exact) mass is 1830 g/mol. The first kappa shape index (κ1) is 116. The van der Waals surface area contributed by atoms with Crippen LogP contribution in [-0.4, -0.2) is 268 Å². The molecule has 0 spiro atoms. The number of carbonyl (C=O) groups excluding carboxylic acids is 17. The summed E-state index contributed by atoms with van der Waals surface area (Å²) in [5.74, 6) is -16.4. The molecule has 730 valence electrons. The Hall–Kier alpha value is -9.69. The van der Waals surface area contributed by atoms with Crippen molar-refractivity contribution in [2.45, 2.75) is 336 Å². The van der Waals surface area contributed by atoms with Crippen LogP contribution < -0.4 is 114 Å². The molecule has 0 fully saturated rings. The molecule has 42 nitrogen and oxygen atoms in total. The van der Waals surface area contributed by atoms with Crippen LogP contribution in [0.2, 0.25) is 0 Å². The van der Waals surface area contributed by atoms with Crippen LogP contribution in [0.3, 0.4) is 0 Å². The van der Waals surface area contributed by atoms with Gasteiger partial charge in [0.15, 0.2) is 0 Å². The third kappa shape index (κ3) is 43.2. The van der Waals surface area contributed by atoms with Crippen molar-refractivity contribution in [3.05, 3.63) is 18.2 Å². The molecular formula is C85H155N23O19S. The number of nitrogens with two attached hydrogens (primary N) is 5. The van der Waals surface area contributed by atoms with Gasteiger partial charge in [-0.05, 0) is 184 Å². The average Bonchev–Trinajstić information content (AvgIpc) is 0.851. The number of thioether (sulfide) groups is 1. The summed E-state index contributed by atoms with van der Waals surface area (Å²) >= 11 is 1.30. The number of aromatic amines is 1. The zero-order valence-electron chi connectivity index (χ0n) is 78.5. The van der Waals surface area contributed by atoms with Crippen LogP contribution in [0.15, 0.2) is 12.5 Å². The van der Waals surface area contributed by atoms with E-state index >= 15 is 0 Å². The molecule has 43 heteroatoms. The smallest absolute Gasteiger partial charge is 0.245 e. The Morgan fingerprint density at radius 3 is 1.09 bits per heavy atom. The van der Waals surface area contributed by atoms with Gasteiger partial charge in [-0.3, -0.25) is 81.5 Å². The van der Waals surface area contributed by atoms with Crippen LogP contribution >= 0.6 is 11.8 Å². The van der Waals surface area contributed by atoms with Gasteiger partial charge in [-0.2, -0.15) is 11.8 Å². The molecule has 1 aromatic rings. The van der Waals surface area contributed by atoms with Crippen molar-refractivity contribution in [2.75, 3.05) is 38.2 Å². The molecule has 0 saturated carbocycles. The first-order valence-electron chi connectivity index (χ1n) is 44.8. The summed E-state index contributed by atoms with van der Waals surface area (Å²) < 4.78 is 0. The topological polar surface area (TPSA) is 682 Å². The van der Waals surface area contributed by atoms with E-state index in [2.05, 4.69) is 95.0 Å². The maximum absolute atomic E-state index is 14.4. The lowest BCUT2D eigenvalue weighted by atomic mass is 9.96. The molecule has 17 amide bonds. The van der Waals surface area contributed by atoms with E-state index in [1.54, 1.807) is 96.3 Å². The molecule has 0 unspecified atom stereocenters. The van der Waals surface area contributed by atoms with Gasteiger partial charge < -0.3 is 129 Å². The van der Waals surface area contributed by atoms with E-state index < -0.39 is 234 Å². The number of H-pyrrole nitrogens is 1. The average molecular weight is 1840 g/mol. The van der Waals surface area contributed by atoms with Gasteiger partial charge in [0.25, 0.3) is 0 Å². The van der Waals surface area contributed by atoms with Gasteiger partial charge in [0.2, 0.25) is 100 Å². The molecule has 0 aromatic carbocycles. The number of hydrogen-bond acceptors (Lipinski definition) is 25. The standard InChI is InChI=1S/C85H155N23O19S/c1-20-48(13)64(89)81(123)98-57(30-24-27-34-88)77(119)106-67(49(14)21-2)83(125)107-69(53(18)110)85(127)108-68(52(17)109)84(126)99-58(31-35-128-19)75(117)102-60(37-44(5)6)78(120)94-50(15)71(113)97-56(29-23-26-33-87)74(116)101-59(36-43(3)4)73(115)92-41-63(111)96-55(28-22-25-32-86)76(118)105-66(47(11)12)82(124)103-61(38-45(7)8)79(121)95-51(16)72(114)100-62(39-54-40-91-42-93-54)80(122)104-65(46(9)10)70(90)112/h40,42-53,55-62,64-69,109-110H,20-39,41,86-89H2,1-19H3,(H2,90,112)(H,91,93)(H,92,115)(H,94,120)(H,95,121)(H,96,111)(H,97,113)(H,98,123)(H,99,126)(H,100,114)(H,101,116)(H,102,117)(H,103,124)(H,104,122)(H,105,118)(H,106,119)(H,107,125)(H,108,127)/t48-,49-,50-,51-,52+,53+,55-,56-,57-,58-,59-,60-,61-,62-,64-,65-,66-,67-,68-,69-/m0/s1.